The van der Waals surface area contributed by atoms with Crippen LogP contribution in [-0.2, 0) is 4.74 Å². The zero-order chi connectivity index (χ0) is 13.9. The van der Waals surface area contributed by atoms with Gasteiger partial charge in [-0.15, -0.1) is 0 Å². The summed E-state index contributed by atoms with van der Waals surface area (Å²) in [5.41, 5.74) is 4.55. The minimum Gasteiger partial charge on any atom is -0.459 e. The van der Waals surface area contributed by atoms with E-state index in [1.807, 2.05) is 44.2 Å². The molecule has 2 atom stereocenters. The molecule has 98 valence electrons. The first-order valence-electron chi connectivity index (χ1n) is 6.62. The standard InChI is InChI=1S/C16H13BO3/c1-8-4-3-5-11-13(8)18-16-12-7-10(17)6-9(2)14(12)19-15(11)20-16/h3-7,15-16H,1-2H3. The summed E-state index contributed by atoms with van der Waals surface area (Å²) < 4.78 is 17.9. The number of hydrogen-bond donors (Lipinski definition) is 0. The molecule has 2 aromatic rings. The zero-order valence-electron chi connectivity index (χ0n) is 11.3. The van der Waals surface area contributed by atoms with Crippen LogP contribution in [0, 0.1) is 13.8 Å². The summed E-state index contributed by atoms with van der Waals surface area (Å²) in [5, 5.41) is 0. The lowest BCUT2D eigenvalue weighted by Crippen LogP contribution is -2.31. The highest BCUT2D eigenvalue weighted by atomic mass is 16.8. The summed E-state index contributed by atoms with van der Waals surface area (Å²) in [7, 11) is 5.91. The van der Waals surface area contributed by atoms with Crippen LogP contribution in [0.5, 0.6) is 11.5 Å². The van der Waals surface area contributed by atoms with Crippen LogP contribution in [0.2, 0.25) is 0 Å². The smallest absolute Gasteiger partial charge is 0.233 e. The predicted octanol–water partition coefficient (Wildman–Crippen LogP) is 2.60. The molecule has 2 unspecified atom stereocenters. The number of ether oxygens (including phenoxy) is 3. The second kappa shape index (κ2) is 4.03. The Bertz CT molecular complexity index is 711. The number of aryl methyl sites for hydroxylation is 2. The Labute approximate surface area is 118 Å². The number of benzene rings is 2. The summed E-state index contributed by atoms with van der Waals surface area (Å²) in [6.07, 6.45) is -0.877. The van der Waals surface area contributed by atoms with Crippen molar-refractivity contribution in [2.24, 2.45) is 0 Å². The van der Waals surface area contributed by atoms with Gasteiger partial charge in [-0.3, -0.25) is 4.74 Å². The molecule has 0 saturated heterocycles. The van der Waals surface area contributed by atoms with E-state index in [1.165, 1.54) is 0 Å². The molecule has 2 bridgehead atoms. The molecule has 2 radical (unpaired) electrons. The molecule has 0 saturated carbocycles. The van der Waals surface area contributed by atoms with Crippen molar-refractivity contribution in [1.29, 1.82) is 0 Å². The largest absolute Gasteiger partial charge is 0.459 e. The third kappa shape index (κ3) is 1.58. The molecule has 20 heavy (non-hydrogen) atoms. The van der Waals surface area contributed by atoms with E-state index in [9.17, 15) is 0 Å². The fraction of sp³-hybridized carbons (Fsp3) is 0.250. The third-order valence-electron chi connectivity index (χ3n) is 3.77. The maximum Gasteiger partial charge on any atom is 0.233 e. The van der Waals surface area contributed by atoms with E-state index >= 15 is 0 Å². The van der Waals surface area contributed by atoms with Crippen molar-refractivity contribution in [3.63, 3.8) is 0 Å². The minimum atomic E-state index is -0.459. The van der Waals surface area contributed by atoms with Crippen molar-refractivity contribution in [2.75, 3.05) is 0 Å². The van der Waals surface area contributed by atoms with Crippen molar-refractivity contribution < 1.29 is 14.2 Å². The molecule has 0 amide bonds. The summed E-state index contributed by atoms with van der Waals surface area (Å²) in [5.74, 6) is 1.66. The fourth-order valence-electron chi connectivity index (χ4n) is 2.84. The zero-order valence-corrected chi connectivity index (χ0v) is 11.3. The first kappa shape index (κ1) is 11.9. The number of rotatable bonds is 0. The van der Waals surface area contributed by atoms with Crippen molar-refractivity contribution in [3.05, 3.63) is 52.6 Å². The highest BCUT2D eigenvalue weighted by molar-refractivity contribution is 6.32. The molecule has 0 spiro atoms. The van der Waals surface area contributed by atoms with Crippen molar-refractivity contribution in [1.82, 2.24) is 0 Å². The van der Waals surface area contributed by atoms with E-state index in [0.717, 1.165) is 33.8 Å². The summed E-state index contributed by atoms with van der Waals surface area (Å²) in [6, 6.07) is 9.73. The SMILES string of the molecule is [B]c1cc(C)c2c(c1)C1Oc3c(C)cccc3C(O2)O1. The van der Waals surface area contributed by atoms with Gasteiger partial charge in [0.1, 0.15) is 19.3 Å². The Morgan fingerprint density at radius 2 is 1.60 bits per heavy atom. The minimum absolute atomic E-state index is 0.418. The monoisotopic (exact) mass is 264 g/mol. The maximum absolute atomic E-state index is 6.01. The Balaban J connectivity index is 1.89. The molecule has 0 fully saturated rings. The van der Waals surface area contributed by atoms with E-state index in [0.29, 0.717) is 5.46 Å². The van der Waals surface area contributed by atoms with Crippen LogP contribution in [0.3, 0.4) is 0 Å². The van der Waals surface area contributed by atoms with Gasteiger partial charge in [0.05, 0.1) is 11.1 Å². The molecule has 0 aliphatic carbocycles. The van der Waals surface area contributed by atoms with Gasteiger partial charge in [-0.2, -0.15) is 0 Å². The molecule has 4 heteroatoms. The lowest BCUT2D eigenvalue weighted by atomic mass is 9.90. The molecule has 2 heterocycles. The Hall–Kier alpha value is -1.94. The van der Waals surface area contributed by atoms with Gasteiger partial charge in [0.2, 0.25) is 12.6 Å². The molecular formula is C16H13BO3. The van der Waals surface area contributed by atoms with Gasteiger partial charge in [-0.25, -0.2) is 0 Å². The van der Waals surface area contributed by atoms with Crippen LogP contribution >= 0.6 is 0 Å². The van der Waals surface area contributed by atoms with Crippen LogP contribution in [0.15, 0.2) is 30.3 Å². The normalized spacial score (nSPS) is 22.3. The summed E-state index contributed by atoms with van der Waals surface area (Å²) in [4.78, 5) is 0. The van der Waals surface area contributed by atoms with Gasteiger partial charge in [0.15, 0.2) is 0 Å². The number of fused-ring (bicyclic) bond motifs is 6. The van der Waals surface area contributed by atoms with Gasteiger partial charge < -0.3 is 9.47 Å². The van der Waals surface area contributed by atoms with Gasteiger partial charge in [0, 0.05) is 0 Å². The van der Waals surface area contributed by atoms with E-state index in [4.69, 9.17) is 22.1 Å². The Morgan fingerprint density at radius 3 is 2.40 bits per heavy atom. The first-order valence-corrected chi connectivity index (χ1v) is 6.62. The topological polar surface area (TPSA) is 27.7 Å². The van der Waals surface area contributed by atoms with Crippen LogP contribution in [0.1, 0.15) is 34.8 Å². The molecular weight excluding hydrogens is 251 g/mol. The maximum atomic E-state index is 6.01. The van der Waals surface area contributed by atoms with Crippen LogP contribution < -0.4 is 14.9 Å². The van der Waals surface area contributed by atoms with Crippen molar-refractivity contribution in [2.45, 2.75) is 26.4 Å². The molecule has 2 aliphatic heterocycles. The summed E-state index contributed by atoms with van der Waals surface area (Å²) in [6.45, 7) is 4.00. The second-order valence-electron chi connectivity index (χ2n) is 5.29. The molecule has 3 nitrogen and oxygen atoms in total. The number of para-hydroxylation sites is 1. The van der Waals surface area contributed by atoms with E-state index < -0.39 is 12.6 Å². The second-order valence-corrected chi connectivity index (χ2v) is 5.29. The van der Waals surface area contributed by atoms with Gasteiger partial charge in [-0.05, 0) is 31.0 Å². The lowest BCUT2D eigenvalue weighted by Gasteiger charge is -2.39. The quantitative estimate of drug-likeness (QED) is 0.684. The summed E-state index contributed by atoms with van der Waals surface area (Å²) >= 11 is 0. The molecule has 4 rings (SSSR count). The molecule has 2 aliphatic rings. The lowest BCUT2D eigenvalue weighted by molar-refractivity contribution is -0.227. The van der Waals surface area contributed by atoms with E-state index in [1.54, 1.807) is 0 Å². The molecule has 2 aromatic carbocycles. The molecule has 0 aromatic heterocycles. The van der Waals surface area contributed by atoms with Crippen LogP contribution in [0.25, 0.3) is 0 Å². The van der Waals surface area contributed by atoms with Crippen LogP contribution in [0.4, 0.5) is 0 Å². The predicted molar refractivity (Wildman–Crippen MR) is 75.6 cm³/mol. The average molecular weight is 264 g/mol. The van der Waals surface area contributed by atoms with E-state index in [2.05, 4.69) is 0 Å². The Kier molecular flexibility index (Phi) is 2.39. The van der Waals surface area contributed by atoms with Gasteiger partial charge in [-0.1, -0.05) is 29.7 Å². The highest BCUT2D eigenvalue weighted by Gasteiger charge is 2.38. The van der Waals surface area contributed by atoms with Crippen LogP contribution in [-0.4, -0.2) is 7.85 Å². The fourth-order valence-corrected chi connectivity index (χ4v) is 2.84. The average Bonchev–Trinajstić information content (AvgIpc) is 2.42. The first-order chi connectivity index (χ1) is 9.63. The van der Waals surface area contributed by atoms with Gasteiger partial charge in [0.25, 0.3) is 0 Å². The molecule has 0 N–H and O–H groups in total. The highest BCUT2D eigenvalue weighted by Crippen LogP contribution is 2.48. The van der Waals surface area contributed by atoms with Gasteiger partial charge >= 0.3 is 0 Å². The third-order valence-corrected chi connectivity index (χ3v) is 3.77. The van der Waals surface area contributed by atoms with Crippen molar-refractivity contribution >= 4 is 13.3 Å². The van der Waals surface area contributed by atoms with E-state index in [-0.39, 0.29) is 0 Å². The van der Waals surface area contributed by atoms with Crippen molar-refractivity contribution in [3.8, 4) is 11.5 Å². The number of hydrogen-bond acceptors (Lipinski definition) is 3. The Morgan fingerprint density at radius 1 is 0.900 bits per heavy atom.